The summed E-state index contributed by atoms with van der Waals surface area (Å²) in [6, 6.07) is 14.6. The Kier molecular flexibility index (Phi) is 4.91. The quantitative estimate of drug-likeness (QED) is 0.892. The van der Waals surface area contributed by atoms with Crippen molar-refractivity contribution in [2.24, 2.45) is 0 Å². The number of ether oxygens (including phenoxy) is 1. The van der Waals surface area contributed by atoms with Crippen molar-refractivity contribution in [2.45, 2.75) is 26.0 Å². The van der Waals surface area contributed by atoms with Crippen LogP contribution in [0.2, 0.25) is 0 Å². The van der Waals surface area contributed by atoms with Gasteiger partial charge in [0.05, 0.1) is 24.5 Å². The Hall–Kier alpha value is -2.54. The number of nitrogens with one attached hydrogen (secondary N) is 1. The van der Waals surface area contributed by atoms with Crippen molar-refractivity contribution in [3.8, 4) is 5.75 Å². The summed E-state index contributed by atoms with van der Waals surface area (Å²) < 4.78 is 31.4. The summed E-state index contributed by atoms with van der Waals surface area (Å²) in [4.78, 5) is 12.7. The molecule has 3 rings (SSSR count). The minimum absolute atomic E-state index is 0.0529. The zero-order chi connectivity index (χ0) is 18.9. The summed E-state index contributed by atoms with van der Waals surface area (Å²) in [5.74, 6) is 0.0426. The average Bonchev–Trinajstić information content (AvgIpc) is 2.60. The van der Waals surface area contributed by atoms with E-state index in [1.165, 1.54) is 4.31 Å². The SMILES string of the molecule is Cc1ccc2c(c1)N(S(C)(=O)=O)CC(C(=O)NC(C)c1ccccc1)O2. The molecule has 2 aromatic rings. The lowest BCUT2D eigenvalue weighted by atomic mass is 10.1. The minimum atomic E-state index is -3.53. The Morgan fingerprint density at radius 1 is 1.23 bits per heavy atom. The van der Waals surface area contributed by atoms with Crippen LogP contribution in [0.15, 0.2) is 48.5 Å². The molecule has 1 amide bonds. The number of anilines is 1. The number of carbonyl (C=O) groups excluding carboxylic acids is 1. The highest BCUT2D eigenvalue weighted by Crippen LogP contribution is 2.35. The molecule has 1 aliphatic heterocycles. The van der Waals surface area contributed by atoms with Gasteiger partial charge >= 0.3 is 0 Å². The molecule has 7 heteroatoms. The smallest absolute Gasteiger partial charge is 0.263 e. The summed E-state index contributed by atoms with van der Waals surface area (Å²) in [6.07, 6.45) is 0.220. The number of hydrogen-bond acceptors (Lipinski definition) is 4. The number of rotatable bonds is 4. The third-order valence-electron chi connectivity index (χ3n) is 4.34. The van der Waals surface area contributed by atoms with Crippen LogP contribution in [0.25, 0.3) is 0 Å². The molecule has 6 nitrogen and oxygen atoms in total. The van der Waals surface area contributed by atoms with Crippen molar-refractivity contribution < 1.29 is 17.9 Å². The maximum Gasteiger partial charge on any atom is 0.263 e. The fraction of sp³-hybridized carbons (Fsp3) is 0.316. The Morgan fingerprint density at radius 2 is 1.92 bits per heavy atom. The summed E-state index contributed by atoms with van der Waals surface area (Å²) in [5, 5.41) is 2.89. The maximum absolute atomic E-state index is 12.7. The summed E-state index contributed by atoms with van der Waals surface area (Å²) in [7, 11) is -3.53. The van der Waals surface area contributed by atoms with Crippen LogP contribution in [0.5, 0.6) is 5.75 Å². The molecule has 0 aliphatic carbocycles. The fourth-order valence-corrected chi connectivity index (χ4v) is 3.85. The van der Waals surface area contributed by atoms with Gasteiger partial charge in [-0.2, -0.15) is 0 Å². The minimum Gasteiger partial charge on any atom is -0.476 e. The number of benzene rings is 2. The number of sulfonamides is 1. The van der Waals surface area contributed by atoms with E-state index in [1.54, 1.807) is 12.1 Å². The second-order valence-electron chi connectivity index (χ2n) is 6.51. The van der Waals surface area contributed by atoms with E-state index in [2.05, 4.69) is 5.32 Å². The van der Waals surface area contributed by atoms with Gasteiger partial charge in [-0.1, -0.05) is 36.4 Å². The number of hydrogen-bond donors (Lipinski definition) is 1. The monoisotopic (exact) mass is 374 g/mol. The van der Waals surface area contributed by atoms with Gasteiger partial charge in [-0.05, 0) is 37.1 Å². The van der Waals surface area contributed by atoms with Crippen molar-refractivity contribution in [2.75, 3.05) is 17.1 Å². The zero-order valence-corrected chi connectivity index (χ0v) is 15.8. The fourth-order valence-electron chi connectivity index (χ4n) is 2.94. The molecule has 26 heavy (non-hydrogen) atoms. The lowest BCUT2D eigenvalue weighted by molar-refractivity contribution is -0.128. The van der Waals surface area contributed by atoms with Crippen molar-refractivity contribution in [1.29, 1.82) is 0 Å². The first-order valence-electron chi connectivity index (χ1n) is 8.36. The molecule has 2 unspecified atom stereocenters. The van der Waals surface area contributed by atoms with Gasteiger partial charge in [0.2, 0.25) is 10.0 Å². The molecule has 0 saturated carbocycles. The molecule has 0 saturated heterocycles. The molecule has 138 valence electrons. The van der Waals surface area contributed by atoms with Gasteiger partial charge < -0.3 is 10.1 Å². The average molecular weight is 374 g/mol. The molecular weight excluding hydrogens is 352 g/mol. The molecule has 2 atom stereocenters. The topological polar surface area (TPSA) is 75.7 Å². The number of aryl methyl sites for hydroxylation is 1. The predicted molar refractivity (Wildman–Crippen MR) is 101 cm³/mol. The van der Waals surface area contributed by atoms with Crippen LogP contribution in [-0.2, 0) is 14.8 Å². The molecular formula is C19H22N2O4S. The number of nitrogens with zero attached hydrogens (tertiary/aromatic N) is 1. The van der Waals surface area contributed by atoms with Crippen LogP contribution in [-0.4, -0.2) is 33.2 Å². The van der Waals surface area contributed by atoms with Gasteiger partial charge in [-0.3, -0.25) is 9.10 Å². The van der Waals surface area contributed by atoms with Crippen LogP contribution in [0, 0.1) is 6.92 Å². The van der Waals surface area contributed by atoms with E-state index in [0.29, 0.717) is 11.4 Å². The third-order valence-corrected chi connectivity index (χ3v) is 5.48. The molecule has 2 aromatic carbocycles. The van der Waals surface area contributed by atoms with Crippen molar-refractivity contribution in [1.82, 2.24) is 5.32 Å². The maximum atomic E-state index is 12.7. The molecule has 0 bridgehead atoms. The summed E-state index contributed by atoms with van der Waals surface area (Å²) in [6.45, 7) is 3.70. The molecule has 1 N–H and O–H groups in total. The molecule has 1 aliphatic rings. The molecule has 0 spiro atoms. The van der Waals surface area contributed by atoms with Crippen molar-refractivity contribution >= 4 is 21.6 Å². The van der Waals surface area contributed by atoms with Crippen molar-refractivity contribution in [3.63, 3.8) is 0 Å². The third kappa shape index (κ3) is 3.83. The Bertz CT molecular complexity index is 912. The summed E-state index contributed by atoms with van der Waals surface area (Å²) >= 11 is 0. The first-order chi connectivity index (χ1) is 12.3. The first kappa shape index (κ1) is 18.3. The van der Waals surface area contributed by atoms with Gasteiger partial charge in [0.15, 0.2) is 6.10 Å². The van der Waals surface area contributed by atoms with Crippen molar-refractivity contribution in [3.05, 3.63) is 59.7 Å². The van der Waals surface area contributed by atoms with Crippen LogP contribution in [0.1, 0.15) is 24.1 Å². The molecule has 0 aromatic heterocycles. The van der Waals surface area contributed by atoms with E-state index >= 15 is 0 Å². The second-order valence-corrected chi connectivity index (χ2v) is 8.42. The standard InChI is InChI=1S/C19H22N2O4S/c1-13-9-10-17-16(11-13)21(26(3,23)24)12-18(25-17)19(22)20-14(2)15-7-5-4-6-8-15/h4-11,14,18H,12H2,1-3H3,(H,20,22). The highest BCUT2D eigenvalue weighted by atomic mass is 32.2. The normalized spacial score (nSPS) is 17.8. The van der Waals surface area contributed by atoms with Gasteiger partial charge in [-0.25, -0.2) is 8.42 Å². The molecule has 0 radical (unpaired) electrons. The second kappa shape index (κ2) is 6.99. The number of fused-ring (bicyclic) bond motifs is 1. The Labute approximate surface area is 153 Å². The zero-order valence-electron chi connectivity index (χ0n) is 15.0. The van der Waals surface area contributed by atoms with E-state index in [-0.39, 0.29) is 18.5 Å². The van der Waals surface area contributed by atoms with Crippen LogP contribution in [0.3, 0.4) is 0 Å². The molecule has 0 fully saturated rings. The van der Waals surface area contributed by atoms with E-state index < -0.39 is 16.1 Å². The van der Waals surface area contributed by atoms with Gasteiger partial charge in [0.25, 0.3) is 5.91 Å². The van der Waals surface area contributed by atoms with Gasteiger partial charge in [-0.15, -0.1) is 0 Å². The summed E-state index contributed by atoms with van der Waals surface area (Å²) in [5.41, 5.74) is 2.35. The van der Waals surface area contributed by atoms with E-state index in [0.717, 1.165) is 17.4 Å². The lowest BCUT2D eigenvalue weighted by Gasteiger charge is -2.34. The van der Waals surface area contributed by atoms with Crippen LogP contribution >= 0.6 is 0 Å². The first-order valence-corrected chi connectivity index (χ1v) is 10.2. The van der Waals surface area contributed by atoms with Crippen LogP contribution in [0.4, 0.5) is 5.69 Å². The number of amides is 1. The van der Waals surface area contributed by atoms with E-state index in [1.807, 2.05) is 50.2 Å². The van der Waals surface area contributed by atoms with E-state index in [4.69, 9.17) is 4.74 Å². The Balaban J connectivity index is 1.83. The highest BCUT2D eigenvalue weighted by molar-refractivity contribution is 7.92. The van der Waals surface area contributed by atoms with Gasteiger partial charge in [0.1, 0.15) is 5.75 Å². The predicted octanol–water partition coefficient (Wildman–Crippen LogP) is 2.40. The molecule has 1 heterocycles. The van der Waals surface area contributed by atoms with E-state index in [9.17, 15) is 13.2 Å². The number of carbonyl (C=O) groups is 1. The van der Waals surface area contributed by atoms with Gasteiger partial charge in [0, 0.05) is 0 Å². The van der Waals surface area contributed by atoms with Crippen LogP contribution < -0.4 is 14.4 Å². The highest BCUT2D eigenvalue weighted by Gasteiger charge is 2.35. The lowest BCUT2D eigenvalue weighted by Crippen LogP contribution is -2.50. The Morgan fingerprint density at radius 3 is 2.58 bits per heavy atom. The largest absolute Gasteiger partial charge is 0.476 e.